The standard InChI is InChI=1S/C18H23NO4/c1-11-6-15(7-12(2)17(11)23-10-16(20)21)18(22)19-8-13-4-3-5-14(13)9-19/h6-7,13-14H,3-5,8-10H2,1-2H3,(H,20,21)/t13-,14+. The number of hydrogen-bond acceptors (Lipinski definition) is 3. The number of carboxylic acid groups (broad SMARTS) is 1. The van der Waals surface area contributed by atoms with Gasteiger partial charge in [-0.3, -0.25) is 4.79 Å². The number of aryl methyl sites for hydroxylation is 2. The lowest BCUT2D eigenvalue weighted by atomic mass is 10.0. The van der Waals surface area contributed by atoms with Crippen LogP contribution in [0.25, 0.3) is 0 Å². The molecule has 0 spiro atoms. The van der Waals surface area contributed by atoms with Gasteiger partial charge >= 0.3 is 5.97 Å². The molecule has 1 aromatic rings. The minimum Gasteiger partial charge on any atom is -0.481 e. The first-order valence-electron chi connectivity index (χ1n) is 8.21. The van der Waals surface area contributed by atoms with E-state index < -0.39 is 5.97 Å². The summed E-state index contributed by atoms with van der Waals surface area (Å²) >= 11 is 0. The fourth-order valence-electron chi connectivity index (χ4n) is 4.02. The van der Waals surface area contributed by atoms with Crippen molar-refractivity contribution < 1.29 is 19.4 Å². The second-order valence-electron chi connectivity index (χ2n) is 6.78. The maximum atomic E-state index is 12.8. The van der Waals surface area contributed by atoms with Crippen molar-refractivity contribution in [1.82, 2.24) is 4.90 Å². The Labute approximate surface area is 136 Å². The van der Waals surface area contributed by atoms with E-state index in [1.54, 1.807) is 12.1 Å². The fraction of sp³-hybridized carbons (Fsp3) is 0.556. The van der Waals surface area contributed by atoms with E-state index in [0.29, 0.717) is 23.1 Å². The molecule has 2 aliphatic rings. The Bertz CT molecular complexity index is 605. The molecule has 5 heteroatoms. The average Bonchev–Trinajstić information content (AvgIpc) is 3.06. The summed E-state index contributed by atoms with van der Waals surface area (Å²) < 4.78 is 5.33. The highest BCUT2D eigenvalue weighted by Gasteiger charge is 2.38. The molecular formula is C18H23NO4. The second-order valence-corrected chi connectivity index (χ2v) is 6.78. The summed E-state index contributed by atoms with van der Waals surface area (Å²) in [5, 5.41) is 8.74. The second kappa shape index (κ2) is 6.22. The molecule has 1 N–H and O–H groups in total. The first-order chi connectivity index (χ1) is 11.0. The Morgan fingerprint density at radius 3 is 2.26 bits per heavy atom. The van der Waals surface area contributed by atoms with Crippen molar-refractivity contribution >= 4 is 11.9 Å². The van der Waals surface area contributed by atoms with Gasteiger partial charge in [0, 0.05) is 18.7 Å². The summed E-state index contributed by atoms with van der Waals surface area (Å²) in [6.07, 6.45) is 3.79. The highest BCUT2D eigenvalue weighted by molar-refractivity contribution is 5.95. The maximum absolute atomic E-state index is 12.8. The van der Waals surface area contributed by atoms with Crippen LogP contribution >= 0.6 is 0 Å². The van der Waals surface area contributed by atoms with Crippen molar-refractivity contribution in [2.45, 2.75) is 33.1 Å². The fourth-order valence-corrected chi connectivity index (χ4v) is 4.02. The van der Waals surface area contributed by atoms with Crippen LogP contribution in [0.4, 0.5) is 0 Å². The van der Waals surface area contributed by atoms with E-state index in [4.69, 9.17) is 9.84 Å². The van der Waals surface area contributed by atoms with Crippen LogP contribution in [0.15, 0.2) is 12.1 Å². The van der Waals surface area contributed by atoms with E-state index in [1.165, 1.54) is 19.3 Å². The molecule has 1 heterocycles. The smallest absolute Gasteiger partial charge is 0.341 e. The molecule has 124 valence electrons. The number of benzene rings is 1. The molecule has 3 rings (SSSR count). The summed E-state index contributed by atoms with van der Waals surface area (Å²) in [5.41, 5.74) is 2.27. The van der Waals surface area contributed by atoms with Gasteiger partial charge in [-0.15, -0.1) is 0 Å². The Hall–Kier alpha value is -2.04. The quantitative estimate of drug-likeness (QED) is 0.927. The van der Waals surface area contributed by atoms with Gasteiger partial charge in [-0.25, -0.2) is 4.79 Å². The third-order valence-corrected chi connectivity index (χ3v) is 5.06. The van der Waals surface area contributed by atoms with Gasteiger partial charge in [-0.05, 0) is 61.8 Å². The van der Waals surface area contributed by atoms with Crippen LogP contribution in [-0.4, -0.2) is 41.6 Å². The third kappa shape index (κ3) is 3.19. The molecule has 2 atom stereocenters. The van der Waals surface area contributed by atoms with E-state index in [9.17, 15) is 9.59 Å². The highest BCUT2D eigenvalue weighted by Crippen LogP contribution is 2.38. The molecule has 0 unspecified atom stereocenters. The molecule has 1 saturated carbocycles. The number of carbonyl (C=O) groups excluding carboxylic acids is 1. The van der Waals surface area contributed by atoms with E-state index in [0.717, 1.165) is 24.2 Å². The lowest BCUT2D eigenvalue weighted by Crippen LogP contribution is -2.29. The molecule has 0 radical (unpaired) electrons. The molecule has 1 aliphatic carbocycles. The molecule has 5 nitrogen and oxygen atoms in total. The van der Waals surface area contributed by atoms with Crippen LogP contribution in [0, 0.1) is 25.7 Å². The minimum atomic E-state index is -1.01. The zero-order valence-electron chi connectivity index (χ0n) is 13.7. The predicted octanol–water partition coefficient (Wildman–Crippen LogP) is 2.64. The first kappa shape index (κ1) is 15.8. The number of hydrogen-bond donors (Lipinski definition) is 1. The summed E-state index contributed by atoms with van der Waals surface area (Å²) in [7, 11) is 0. The summed E-state index contributed by atoms with van der Waals surface area (Å²) in [6, 6.07) is 3.61. The number of aliphatic carboxylic acids is 1. The number of nitrogens with zero attached hydrogens (tertiary/aromatic N) is 1. The largest absolute Gasteiger partial charge is 0.481 e. The normalized spacial score (nSPS) is 23.0. The van der Waals surface area contributed by atoms with Crippen molar-refractivity contribution in [2.24, 2.45) is 11.8 Å². The molecule has 1 saturated heterocycles. The topological polar surface area (TPSA) is 66.8 Å². The Balaban J connectivity index is 1.75. The van der Waals surface area contributed by atoms with E-state index >= 15 is 0 Å². The lowest BCUT2D eigenvalue weighted by molar-refractivity contribution is -0.139. The van der Waals surface area contributed by atoms with Gasteiger partial charge in [0.2, 0.25) is 0 Å². The van der Waals surface area contributed by atoms with Crippen molar-refractivity contribution in [2.75, 3.05) is 19.7 Å². The van der Waals surface area contributed by atoms with Gasteiger partial charge in [0.25, 0.3) is 5.91 Å². The van der Waals surface area contributed by atoms with E-state index in [-0.39, 0.29) is 12.5 Å². The zero-order valence-corrected chi connectivity index (χ0v) is 13.7. The summed E-state index contributed by atoms with van der Waals surface area (Å²) in [6.45, 7) is 5.07. The zero-order chi connectivity index (χ0) is 16.6. The number of likely N-dealkylation sites (tertiary alicyclic amines) is 1. The predicted molar refractivity (Wildman–Crippen MR) is 85.8 cm³/mol. The Morgan fingerprint density at radius 2 is 1.74 bits per heavy atom. The van der Waals surface area contributed by atoms with Crippen LogP contribution in [0.2, 0.25) is 0 Å². The van der Waals surface area contributed by atoms with Crippen molar-refractivity contribution in [3.8, 4) is 5.75 Å². The molecule has 23 heavy (non-hydrogen) atoms. The monoisotopic (exact) mass is 317 g/mol. The highest BCUT2D eigenvalue weighted by atomic mass is 16.5. The van der Waals surface area contributed by atoms with Gasteiger partial charge in [0.1, 0.15) is 5.75 Å². The van der Waals surface area contributed by atoms with Gasteiger partial charge in [-0.2, -0.15) is 0 Å². The minimum absolute atomic E-state index is 0.0791. The van der Waals surface area contributed by atoms with Crippen LogP contribution in [0.3, 0.4) is 0 Å². The first-order valence-corrected chi connectivity index (χ1v) is 8.21. The van der Waals surface area contributed by atoms with Gasteiger partial charge in [0.15, 0.2) is 6.61 Å². The molecule has 1 amide bonds. The van der Waals surface area contributed by atoms with Crippen molar-refractivity contribution in [1.29, 1.82) is 0 Å². The molecule has 2 fully saturated rings. The molecule has 1 aliphatic heterocycles. The number of amides is 1. The maximum Gasteiger partial charge on any atom is 0.341 e. The molecular weight excluding hydrogens is 294 g/mol. The molecule has 0 bridgehead atoms. The van der Waals surface area contributed by atoms with E-state index in [1.807, 2.05) is 18.7 Å². The summed E-state index contributed by atoms with van der Waals surface area (Å²) in [5.74, 6) is 0.990. The van der Waals surface area contributed by atoms with Crippen LogP contribution in [0.1, 0.15) is 40.7 Å². The Kier molecular flexibility index (Phi) is 4.28. The Morgan fingerprint density at radius 1 is 1.17 bits per heavy atom. The lowest BCUT2D eigenvalue weighted by Gasteiger charge is -2.19. The molecule has 0 aromatic heterocycles. The number of carboxylic acids is 1. The molecule has 1 aromatic carbocycles. The number of rotatable bonds is 4. The van der Waals surface area contributed by atoms with Crippen LogP contribution < -0.4 is 4.74 Å². The van der Waals surface area contributed by atoms with Gasteiger partial charge in [0.05, 0.1) is 0 Å². The van der Waals surface area contributed by atoms with Crippen molar-refractivity contribution in [3.05, 3.63) is 28.8 Å². The SMILES string of the molecule is Cc1cc(C(=O)N2C[C@H]3CCC[C@H]3C2)cc(C)c1OCC(=O)O. The van der Waals surface area contributed by atoms with Crippen molar-refractivity contribution in [3.63, 3.8) is 0 Å². The number of ether oxygens (including phenoxy) is 1. The van der Waals surface area contributed by atoms with Gasteiger partial charge in [-0.1, -0.05) is 6.42 Å². The summed E-state index contributed by atoms with van der Waals surface area (Å²) in [4.78, 5) is 25.4. The van der Waals surface area contributed by atoms with E-state index in [2.05, 4.69) is 0 Å². The van der Waals surface area contributed by atoms with Crippen LogP contribution in [-0.2, 0) is 4.79 Å². The third-order valence-electron chi connectivity index (χ3n) is 5.06. The van der Waals surface area contributed by atoms with Gasteiger partial charge < -0.3 is 14.7 Å². The van der Waals surface area contributed by atoms with Crippen LogP contribution in [0.5, 0.6) is 5.75 Å². The number of fused-ring (bicyclic) bond motifs is 1. The average molecular weight is 317 g/mol. The number of carbonyl (C=O) groups is 2.